The zero-order valence-corrected chi connectivity index (χ0v) is 10.2. The van der Waals surface area contributed by atoms with Crippen molar-refractivity contribution < 1.29 is 0 Å². The molecular weight excluding hydrogens is 221 g/mol. The Bertz CT molecular complexity index is 313. The summed E-state index contributed by atoms with van der Waals surface area (Å²) in [5.41, 5.74) is -0.0268. The highest BCUT2D eigenvalue weighted by Crippen LogP contribution is 2.23. The zero-order valence-electron chi connectivity index (χ0n) is 8.67. The van der Waals surface area contributed by atoms with Crippen LogP contribution >= 0.6 is 23.2 Å². The minimum Gasteiger partial charge on any atom is -0.355 e. The van der Waals surface area contributed by atoms with E-state index >= 15 is 0 Å². The van der Waals surface area contributed by atoms with Crippen molar-refractivity contribution in [2.24, 2.45) is 0 Å². The lowest BCUT2D eigenvalue weighted by molar-refractivity contribution is 0.533. The fraction of sp³-hybridized carbons (Fsp3) is 0.556. The van der Waals surface area contributed by atoms with Gasteiger partial charge in [0.2, 0.25) is 5.28 Å². The second kappa shape index (κ2) is 3.91. The minimum atomic E-state index is -0.0268. The van der Waals surface area contributed by atoms with Gasteiger partial charge in [0.15, 0.2) is 0 Å². The minimum absolute atomic E-state index is 0.0268. The Morgan fingerprint density at radius 1 is 1.21 bits per heavy atom. The molecule has 0 bridgehead atoms. The van der Waals surface area contributed by atoms with Crippen LogP contribution in [0.5, 0.6) is 0 Å². The van der Waals surface area contributed by atoms with Crippen LogP contribution in [0.15, 0.2) is 6.07 Å². The molecule has 1 aromatic rings. The van der Waals surface area contributed by atoms with E-state index in [9.17, 15) is 0 Å². The lowest BCUT2D eigenvalue weighted by Crippen LogP contribution is -2.38. The lowest BCUT2D eigenvalue weighted by Gasteiger charge is -2.32. The topological polar surface area (TPSA) is 29.0 Å². The molecule has 0 aliphatic carbocycles. The molecule has 3 nitrogen and oxygen atoms in total. The lowest BCUT2D eigenvalue weighted by atomic mass is 10.1. The molecule has 1 aromatic heterocycles. The van der Waals surface area contributed by atoms with Crippen molar-refractivity contribution in [2.45, 2.75) is 26.3 Å². The molecule has 78 valence electrons. The van der Waals surface area contributed by atoms with E-state index in [1.54, 1.807) is 6.07 Å². The fourth-order valence-electron chi connectivity index (χ4n) is 0.894. The Kier molecular flexibility index (Phi) is 3.22. The molecule has 0 saturated heterocycles. The van der Waals surface area contributed by atoms with Gasteiger partial charge in [-0.3, -0.25) is 0 Å². The fourth-order valence-corrected chi connectivity index (χ4v) is 1.29. The molecule has 0 spiro atoms. The molecule has 0 aliphatic heterocycles. The summed E-state index contributed by atoms with van der Waals surface area (Å²) in [6.45, 7) is 6.24. The summed E-state index contributed by atoms with van der Waals surface area (Å²) in [5, 5.41) is 0.528. The van der Waals surface area contributed by atoms with Crippen LogP contribution in [0.2, 0.25) is 10.4 Å². The number of hydrogen-bond acceptors (Lipinski definition) is 3. The first kappa shape index (κ1) is 11.5. The van der Waals surface area contributed by atoms with Gasteiger partial charge in [-0.1, -0.05) is 11.6 Å². The second-order valence-corrected chi connectivity index (χ2v) is 4.77. The SMILES string of the molecule is CN(c1cc(Cl)nc(Cl)n1)C(C)(C)C. The number of anilines is 1. The molecule has 0 aliphatic rings. The van der Waals surface area contributed by atoms with Crippen LogP contribution in [0, 0.1) is 0 Å². The molecule has 0 aromatic carbocycles. The molecule has 0 unspecified atom stereocenters. The Morgan fingerprint density at radius 2 is 1.79 bits per heavy atom. The molecule has 14 heavy (non-hydrogen) atoms. The van der Waals surface area contributed by atoms with Crippen LogP contribution in [0.3, 0.4) is 0 Å². The Morgan fingerprint density at radius 3 is 2.21 bits per heavy atom. The van der Waals surface area contributed by atoms with Crippen molar-refractivity contribution in [1.29, 1.82) is 0 Å². The first-order valence-corrected chi connectivity index (χ1v) is 5.00. The summed E-state index contributed by atoms with van der Waals surface area (Å²) >= 11 is 11.5. The molecule has 0 N–H and O–H groups in total. The van der Waals surface area contributed by atoms with Gasteiger partial charge in [-0.25, -0.2) is 9.97 Å². The van der Waals surface area contributed by atoms with E-state index in [1.165, 1.54) is 0 Å². The van der Waals surface area contributed by atoms with Crippen molar-refractivity contribution in [3.8, 4) is 0 Å². The van der Waals surface area contributed by atoms with Gasteiger partial charge in [0.1, 0.15) is 11.0 Å². The highest BCUT2D eigenvalue weighted by molar-refractivity contribution is 6.32. The van der Waals surface area contributed by atoms with Gasteiger partial charge in [0.25, 0.3) is 0 Å². The molecule has 5 heteroatoms. The molecule has 1 heterocycles. The first-order chi connectivity index (χ1) is 6.30. The number of rotatable bonds is 1. The average Bonchev–Trinajstić information content (AvgIpc) is 1.99. The third-order valence-corrected chi connectivity index (χ3v) is 2.37. The van der Waals surface area contributed by atoms with E-state index in [0.717, 1.165) is 5.82 Å². The van der Waals surface area contributed by atoms with Gasteiger partial charge in [-0.15, -0.1) is 0 Å². The first-order valence-electron chi connectivity index (χ1n) is 4.24. The van der Waals surface area contributed by atoms with E-state index in [4.69, 9.17) is 23.2 Å². The highest BCUT2D eigenvalue weighted by atomic mass is 35.5. The molecule has 0 radical (unpaired) electrons. The largest absolute Gasteiger partial charge is 0.355 e. The van der Waals surface area contributed by atoms with Crippen molar-refractivity contribution in [1.82, 2.24) is 9.97 Å². The normalized spacial score (nSPS) is 11.6. The van der Waals surface area contributed by atoms with Crippen molar-refractivity contribution in [3.05, 3.63) is 16.5 Å². The monoisotopic (exact) mass is 233 g/mol. The molecular formula is C9H13Cl2N3. The van der Waals surface area contributed by atoms with Crippen molar-refractivity contribution in [2.75, 3.05) is 11.9 Å². The number of nitrogens with zero attached hydrogens (tertiary/aromatic N) is 3. The molecule has 0 saturated carbocycles. The van der Waals surface area contributed by atoms with Gasteiger partial charge >= 0.3 is 0 Å². The Labute approximate surface area is 94.1 Å². The Hall–Kier alpha value is -0.540. The summed E-state index contributed by atoms with van der Waals surface area (Å²) in [6, 6.07) is 1.69. The summed E-state index contributed by atoms with van der Waals surface area (Å²) < 4.78 is 0. The molecule has 0 amide bonds. The number of aromatic nitrogens is 2. The quantitative estimate of drug-likeness (QED) is 0.552. The van der Waals surface area contributed by atoms with E-state index in [0.29, 0.717) is 5.15 Å². The maximum absolute atomic E-state index is 5.78. The van der Waals surface area contributed by atoms with Gasteiger partial charge in [0, 0.05) is 18.7 Å². The standard InChI is InChI=1S/C9H13Cl2N3/c1-9(2,3)14(4)7-5-6(10)12-8(11)13-7/h5H,1-4H3. The van der Waals surface area contributed by atoms with Crippen LogP contribution in [-0.2, 0) is 0 Å². The van der Waals surface area contributed by atoms with Crippen LogP contribution in [0.1, 0.15) is 20.8 Å². The second-order valence-electron chi connectivity index (χ2n) is 4.05. The summed E-state index contributed by atoms with van der Waals surface area (Å²) in [7, 11) is 1.94. The summed E-state index contributed by atoms with van der Waals surface area (Å²) in [5.74, 6) is 0.725. The van der Waals surface area contributed by atoms with E-state index < -0.39 is 0 Å². The molecule has 0 atom stereocenters. The Balaban J connectivity index is 3.07. The summed E-state index contributed by atoms with van der Waals surface area (Å²) in [4.78, 5) is 9.88. The third kappa shape index (κ3) is 2.72. The van der Waals surface area contributed by atoms with Crippen molar-refractivity contribution in [3.63, 3.8) is 0 Å². The smallest absolute Gasteiger partial charge is 0.225 e. The van der Waals surface area contributed by atoms with Gasteiger partial charge < -0.3 is 4.90 Å². The number of halogens is 2. The van der Waals surface area contributed by atoms with E-state index in [-0.39, 0.29) is 10.8 Å². The van der Waals surface area contributed by atoms with Crippen molar-refractivity contribution >= 4 is 29.0 Å². The van der Waals surface area contributed by atoms with E-state index in [2.05, 4.69) is 30.7 Å². The van der Waals surface area contributed by atoms with Crippen LogP contribution in [0.4, 0.5) is 5.82 Å². The van der Waals surface area contributed by atoms with Gasteiger partial charge in [0.05, 0.1) is 0 Å². The average molecular weight is 234 g/mol. The van der Waals surface area contributed by atoms with E-state index in [1.807, 2.05) is 11.9 Å². The summed E-state index contributed by atoms with van der Waals surface area (Å²) in [6.07, 6.45) is 0. The highest BCUT2D eigenvalue weighted by Gasteiger charge is 2.19. The molecule has 0 fully saturated rings. The third-order valence-electron chi connectivity index (χ3n) is 2.00. The van der Waals surface area contributed by atoms with Gasteiger partial charge in [-0.2, -0.15) is 0 Å². The predicted molar refractivity (Wildman–Crippen MR) is 60.2 cm³/mol. The van der Waals surface area contributed by atoms with Crippen LogP contribution in [-0.4, -0.2) is 22.6 Å². The van der Waals surface area contributed by atoms with Crippen LogP contribution in [0.25, 0.3) is 0 Å². The molecule has 1 rings (SSSR count). The maximum atomic E-state index is 5.78. The maximum Gasteiger partial charge on any atom is 0.225 e. The zero-order chi connectivity index (χ0) is 10.9. The van der Waals surface area contributed by atoms with Gasteiger partial charge in [-0.05, 0) is 32.4 Å². The van der Waals surface area contributed by atoms with Crippen LogP contribution < -0.4 is 4.90 Å². The predicted octanol–water partition coefficient (Wildman–Crippen LogP) is 3.02. The number of hydrogen-bond donors (Lipinski definition) is 0.